The Kier molecular flexibility index (Phi) is 6.52. The van der Waals surface area contributed by atoms with Crippen molar-refractivity contribution in [1.29, 1.82) is 0 Å². The fourth-order valence-corrected chi connectivity index (χ4v) is 2.00. The summed E-state index contributed by atoms with van der Waals surface area (Å²) in [6.07, 6.45) is 0.405. The number of amides is 1. The topological polar surface area (TPSA) is 41.6 Å². The minimum Gasteiger partial charge on any atom is -0.493 e. The molecule has 1 atom stereocenters. The van der Waals surface area contributed by atoms with Gasteiger partial charge >= 0.3 is 0 Å². The molecule has 0 saturated carbocycles. The molecule has 0 aliphatic rings. The molecule has 1 aromatic carbocycles. The first kappa shape index (κ1) is 16.5. The van der Waals surface area contributed by atoms with Crippen LogP contribution in [-0.4, -0.2) is 38.1 Å². The van der Waals surface area contributed by atoms with Crippen LogP contribution in [0.3, 0.4) is 0 Å². The van der Waals surface area contributed by atoms with Crippen LogP contribution in [0, 0.1) is 6.92 Å². The van der Waals surface area contributed by atoms with Gasteiger partial charge in [0, 0.05) is 20.1 Å². The SMILES string of the molecule is CCNC(C)c1ccc(OCCC(=O)N(C)C)c(C)c1. The van der Waals surface area contributed by atoms with Gasteiger partial charge in [0.05, 0.1) is 13.0 Å². The Bertz CT molecular complexity index is 444. The quantitative estimate of drug-likeness (QED) is 0.833. The Balaban J connectivity index is 2.58. The Labute approximate surface area is 122 Å². The van der Waals surface area contributed by atoms with E-state index in [-0.39, 0.29) is 5.91 Å². The van der Waals surface area contributed by atoms with E-state index in [0.717, 1.165) is 17.9 Å². The van der Waals surface area contributed by atoms with E-state index in [1.165, 1.54) is 5.56 Å². The largest absolute Gasteiger partial charge is 0.493 e. The number of aryl methyl sites for hydroxylation is 1. The van der Waals surface area contributed by atoms with Gasteiger partial charge in [0.1, 0.15) is 5.75 Å². The second-order valence-corrected chi connectivity index (χ2v) is 5.19. The van der Waals surface area contributed by atoms with Crippen molar-refractivity contribution in [2.75, 3.05) is 27.2 Å². The molecule has 1 rings (SSSR count). The zero-order valence-electron chi connectivity index (χ0n) is 13.2. The molecule has 0 radical (unpaired) electrons. The molecule has 20 heavy (non-hydrogen) atoms. The molecular weight excluding hydrogens is 252 g/mol. The number of rotatable bonds is 7. The van der Waals surface area contributed by atoms with Crippen LogP contribution in [0.4, 0.5) is 0 Å². The number of nitrogens with zero attached hydrogens (tertiary/aromatic N) is 1. The molecule has 0 heterocycles. The van der Waals surface area contributed by atoms with Gasteiger partial charge in [-0.15, -0.1) is 0 Å². The van der Waals surface area contributed by atoms with Crippen LogP contribution < -0.4 is 10.1 Å². The third-order valence-electron chi connectivity index (χ3n) is 3.28. The third-order valence-corrected chi connectivity index (χ3v) is 3.28. The van der Waals surface area contributed by atoms with Gasteiger partial charge in [0.25, 0.3) is 0 Å². The maximum absolute atomic E-state index is 11.5. The fraction of sp³-hybridized carbons (Fsp3) is 0.562. The van der Waals surface area contributed by atoms with Gasteiger partial charge in [-0.1, -0.05) is 19.1 Å². The minimum atomic E-state index is 0.0834. The molecule has 0 fully saturated rings. The molecule has 1 unspecified atom stereocenters. The van der Waals surface area contributed by atoms with Crippen molar-refractivity contribution in [2.24, 2.45) is 0 Å². The van der Waals surface area contributed by atoms with Crippen LogP contribution in [0.15, 0.2) is 18.2 Å². The molecule has 112 valence electrons. The van der Waals surface area contributed by atoms with Gasteiger partial charge in [0.2, 0.25) is 5.91 Å². The lowest BCUT2D eigenvalue weighted by atomic mass is 10.1. The smallest absolute Gasteiger partial charge is 0.225 e. The highest BCUT2D eigenvalue weighted by Crippen LogP contribution is 2.22. The number of benzene rings is 1. The minimum absolute atomic E-state index is 0.0834. The van der Waals surface area contributed by atoms with Crippen LogP contribution in [0.1, 0.15) is 37.4 Å². The van der Waals surface area contributed by atoms with Crippen LogP contribution in [0.2, 0.25) is 0 Å². The third kappa shape index (κ3) is 4.85. The van der Waals surface area contributed by atoms with E-state index in [4.69, 9.17) is 4.74 Å². The first-order valence-electron chi connectivity index (χ1n) is 7.12. The maximum Gasteiger partial charge on any atom is 0.225 e. The van der Waals surface area contributed by atoms with E-state index in [2.05, 4.69) is 31.3 Å². The Morgan fingerprint density at radius 1 is 1.40 bits per heavy atom. The summed E-state index contributed by atoms with van der Waals surface area (Å²) in [5, 5.41) is 3.39. The lowest BCUT2D eigenvalue weighted by Crippen LogP contribution is -2.23. The average Bonchev–Trinajstić information content (AvgIpc) is 2.40. The second kappa shape index (κ2) is 7.90. The number of ether oxygens (including phenoxy) is 1. The number of carbonyl (C=O) groups is 1. The molecule has 4 heteroatoms. The lowest BCUT2D eigenvalue weighted by Gasteiger charge is -2.16. The molecule has 0 aliphatic heterocycles. The molecule has 0 saturated heterocycles. The highest BCUT2D eigenvalue weighted by molar-refractivity contribution is 5.75. The molecule has 0 aromatic heterocycles. The second-order valence-electron chi connectivity index (χ2n) is 5.19. The zero-order chi connectivity index (χ0) is 15.1. The highest BCUT2D eigenvalue weighted by atomic mass is 16.5. The number of hydrogen-bond acceptors (Lipinski definition) is 3. The number of nitrogens with one attached hydrogen (secondary N) is 1. The highest BCUT2D eigenvalue weighted by Gasteiger charge is 2.08. The maximum atomic E-state index is 11.5. The number of hydrogen-bond donors (Lipinski definition) is 1. The Morgan fingerprint density at radius 2 is 2.10 bits per heavy atom. The van der Waals surface area contributed by atoms with Crippen molar-refractivity contribution in [1.82, 2.24) is 10.2 Å². The molecule has 1 aromatic rings. The molecule has 0 aliphatic carbocycles. The summed E-state index contributed by atoms with van der Waals surface area (Å²) in [6, 6.07) is 6.53. The van der Waals surface area contributed by atoms with Crippen molar-refractivity contribution in [3.05, 3.63) is 29.3 Å². The van der Waals surface area contributed by atoms with Crippen LogP contribution >= 0.6 is 0 Å². The average molecular weight is 278 g/mol. The predicted molar refractivity (Wildman–Crippen MR) is 82.1 cm³/mol. The summed E-state index contributed by atoms with van der Waals surface area (Å²) in [6.45, 7) is 7.65. The molecule has 1 N–H and O–H groups in total. The van der Waals surface area contributed by atoms with Crippen LogP contribution in [0.5, 0.6) is 5.75 Å². The monoisotopic (exact) mass is 278 g/mol. The van der Waals surface area contributed by atoms with Gasteiger partial charge < -0.3 is 15.0 Å². The summed E-state index contributed by atoms with van der Waals surface area (Å²) < 4.78 is 5.68. The van der Waals surface area contributed by atoms with E-state index in [1.807, 2.05) is 13.0 Å². The molecule has 0 bridgehead atoms. The van der Waals surface area contributed by atoms with Gasteiger partial charge in [0.15, 0.2) is 0 Å². The van der Waals surface area contributed by atoms with Gasteiger partial charge in [-0.05, 0) is 37.6 Å². The Morgan fingerprint density at radius 3 is 2.65 bits per heavy atom. The van der Waals surface area contributed by atoms with Gasteiger partial charge in [-0.3, -0.25) is 4.79 Å². The van der Waals surface area contributed by atoms with Crippen molar-refractivity contribution in [2.45, 2.75) is 33.2 Å². The van der Waals surface area contributed by atoms with E-state index >= 15 is 0 Å². The molecule has 0 spiro atoms. The van der Waals surface area contributed by atoms with Crippen LogP contribution in [-0.2, 0) is 4.79 Å². The van der Waals surface area contributed by atoms with E-state index in [9.17, 15) is 4.79 Å². The summed E-state index contributed by atoms with van der Waals surface area (Å²) in [5.41, 5.74) is 2.35. The van der Waals surface area contributed by atoms with Crippen molar-refractivity contribution in [3.8, 4) is 5.75 Å². The van der Waals surface area contributed by atoms with Crippen LogP contribution in [0.25, 0.3) is 0 Å². The molecule has 1 amide bonds. The van der Waals surface area contributed by atoms with E-state index in [0.29, 0.717) is 19.1 Å². The molecular formula is C16H26N2O2. The summed E-state index contributed by atoms with van der Waals surface area (Å²) in [7, 11) is 3.51. The van der Waals surface area contributed by atoms with Crippen molar-refractivity contribution in [3.63, 3.8) is 0 Å². The van der Waals surface area contributed by atoms with Crippen molar-refractivity contribution >= 4 is 5.91 Å². The number of carbonyl (C=O) groups excluding carboxylic acids is 1. The van der Waals surface area contributed by atoms with E-state index < -0.39 is 0 Å². The Hall–Kier alpha value is -1.55. The van der Waals surface area contributed by atoms with Gasteiger partial charge in [-0.2, -0.15) is 0 Å². The van der Waals surface area contributed by atoms with Crippen molar-refractivity contribution < 1.29 is 9.53 Å². The van der Waals surface area contributed by atoms with Gasteiger partial charge in [-0.25, -0.2) is 0 Å². The predicted octanol–water partition coefficient (Wildman–Crippen LogP) is 2.52. The first-order valence-corrected chi connectivity index (χ1v) is 7.12. The van der Waals surface area contributed by atoms with E-state index in [1.54, 1.807) is 19.0 Å². The lowest BCUT2D eigenvalue weighted by molar-refractivity contribution is -0.129. The molecule has 4 nitrogen and oxygen atoms in total. The summed E-state index contributed by atoms with van der Waals surface area (Å²) in [5.74, 6) is 0.934. The first-order chi connectivity index (χ1) is 9.45. The zero-order valence-corrected chi connectivity index (χ0v) is 13.2. The standard InChI is InChI=1S/C16H26N2O2/c1-6-17-13(3)14-7-8-15(12(2)11-14)20-10-9-16(19)18(4)5/h7-8,11,13,17H,6,9-10H2,1-5H3. The summed E-state index contributed by atoms with van der Waals surface area (Å²) in [4.78, 5) is 13.1. The normalized spacial score (nSPS) is 12.1. The fourth-order valence-electron chi connectivity index (χ4n) is 2.00. The summed E-state index contributed by atoms with van der Waals surface area (Å²) >= 11 is 0.